The Bertz CT molecular complexity index is 589. The number of nitrogens with zero attached hydrogens (tertiary/aromatic N) is 1. The molecule has 7 nitrogen and oxygen atoms in total. The Hall–Kier alpha value is -1.72. The molecule has 0 aliphatic heterocycles. The molecule has 0 amide bonds. The number of primary sulfonamides is 1. The summed E-state index contributed by atoms with van der Waals surface area (Å²) in [7, 11) is -4.00. The molecule has 112 valence electrons. The molecule has 11 heteroatoms. The largest absolute Gasteiger partial charge is 0.522 e. The Morgan fingerprint density at radius 1 is 1.35 bits per heavy atom. The standard InChI is InChI=1S/C9H10F3N3O4S/c10-9(11,12)19-4-3-14-7-2-1-6(20(13,17)18)5-8(7)15-16/h1-2,5,14H,3-4H2,(H2,13,17,18). The summed E-state index contributed by atoms with van der Waals surface area (Å²) >= 11 is 0. The van der Waals surface area contributed by atoms with Gasteiger partial charge in [-0.3, -0.25) is 4.74 Å². The predicted molar refractivity (Wildman–Crippen MR) is 63.8 cm³/mol. The predicted octanol–water partition coefficient (Wildman–Crippen LogP) is 1.68. The van der Waals surface area contributed by atoms with Gasteiger partial charge in [0.1, 0.15) is 5.69 Å². The van der Waals surface area contributed by atoms with Crippen molar-refractivity contribution in [3.63, 3.8) is 0 Å². The average molecular weight is 313 g/mol. The number of alkyl halides is 3. The summed E-state index contributed by atoms with van der Waals surface area (Å²) in [5.74, 6) is 0. The zero-order valence-corrected chi connectivity index (χ0v) is 10.7. The van der Waals surface area contributed by atoms with E-state index in [1.54, 1.807) is 0 Å². The fourth-order valence-corrected chi connectivity index (χ4v) is 1.80. The number of nitrogens with one attached hydrogen (secondary N) is 1. The lowest BCUT2D eigenvalue weighted by atomic mass is 10.2. The highest BCUT2D eigenvalue weighted by atomic mass is 32.2. The molecule has 0 unspecified atom stereocenters. The molecule has 3 N–H and O–H groups in total. The minimum atomic E-state index is -4.75. The Balaban J connectivity index is 2.74. The van der Waals surface area contributed by atoms with Crippen molar-refractivity contribution in [2.24, 2.45) is 10.3 Å². The topological polar surface area (TPSA) is 111 Å². The molecule has 0 saturated carbocycles. The van der Waals surface area contributed by atoms with Gasteiger partial charge < -0.3 is 5.32 Å². The van der Waals surface area contributed by atoms with E-state index in [0.29, 0.717) is 0 Å². The van der Waals surface area contributed by atoms with Crippen molar-refractivity contribution in [1.82, 2.24) is 0 Å². The first kappa shape index (κ1) is 16.3. The van der Waals surface area contributed by atoms with E-state index in [9.17, 15) is 26.5 Å². The molecule has 0 aliphatic carbocycles. The molecular formula is C9H10F3N3O4S. The fourth-order valence-electron chi connectivity index (χ4n) is 1.27. The summed E-state index contributed by atoms with van der Waals surface area (Å²) in [4.78, 5) is 10.2. The van der Waals surface area contributed by atoms with Crippen LogP contribution in [0.25, 0.3) is 0 Å². The lowest BCUT2D eigenvalue weighted by Gasteiger charge is -2.10. The zero-order chi connectivity index (χ0) is 15.4. The number of hydrogen-bond donors (Lipinski definition) is 2. The number of nitrogens with two attached hydrogens (primary N) is 1. The lowest BCUT2D eigenvalue weighted by molar-refractivity contribution is -0.322. The van der Waals surface area contributed by atoms with Gasteiger partial charge in [-0.15, -0.1) is 18.1 Å². The number of benzene rings is 1. The van der Waals surface area contributed by atoms with Gasteiger partial charge in [0.25, 0.3) is 0 Å². The molecule has 0 radical (unpaired) electrons. The van der Waals surface area contributed by atoms with Crippen molar-refractivity contribution in [2.45, 2.75) is 11.3 Å². The van der Waals surface area contributed by atoms with Crippen LogP contribution in [0.3, 0.4) is 0 Å². The van der Waals surface area contributed by atoms with Crippen LogP contribution in [0.1, 0.15) is 0 Å². The van der Waals surface area contributed by atoms with E-state index < -0.39 is 23.0 Å². The van der Waals surface area contributed by atoms with Gasteiger partial charge in [-0.05, 0) is 23.4 Å². The highest BCUT2D eigenvalue weighted by molar-refractivity contribution is 7.89. The summed E-state index contributed by atoms with van der Waals surface area (Å²) < 4.78 is 60.8. The maximum absolute atomic E-state index is 11.7. The number of nitroso groups, excluding NO2 is 1. The second kappa shape index (κ2) is 6.15. The molecule has 1 rings (SSSR count). The smallest absolute Gasteiger partial charge is 0.381 e. The van der Waals surface area contributed by atoms with Crippen molar-refractivity contribution in [1.29, 1.82) is 0 Å². The average Bonchev–Trinajstić information content (AvgIpc) is 2.32. The van der Waals surface area contributed by atoms with Crippen LogP contribution >= 0.6 is 0 Å². The van der Waals surface area contributed by atoms with Crippen LogP contribution in [-0.4, -0.2) is 27.9 Å². The van der Waals surface area contributed by atoms with E-state index in [1.807, 2.05) is 0 Å². The van der Waals surface area contributed by atoms with Crippen LogP contribution in [0.15, 0.2) is 28.3 Å². The first-order chi connectivity index (χ1) is 9.13. The molecule has 0 heterocycles. The number of sulfonamides is 1. The third-order valence-corrected chi connectivity index (χ3v) is 2.99. The van der Waals surface area contributed by atoms with Gasteiger partial charge >= 0.3 is 6.36 Å². The van der Waals surface area contributed by atoms with E-state index in [4.69, 9.17) is 5.14 Å². The summed E-state index contributed by atoms with van der Waals surface area (Å²) in [5, 5.41) is 9.90. The highest BCUT2D eigenvalue weighted by Crippen LogP contribution is 2.27. The van der Waals surface area contributed by atoms with E-state index in [-0.39, 0.29) is 22.8 Å². The van der Waals surface area contributed by atoms with Crippen molar-refractivity contribution < 1.29 is 26.3 Å². The molecule has 0 bridgehead atoms. The van der Waals surface area contributed by atoms with Gasteiger partial charge in [-0.25, -0.2) is 13.6 Å². The molecule has 1 aromatic carbocycles. The second-order valence-corrected chi connectivity index (χ2v) is 5.10. The van der Waals surface area contributed by atoms with Crippen molar-refractivity contribution in [3.8, 4) is 0 Å². The molecule has 0 aromatic heterocycles. The van der Waals surface area contributed by atoms with Crippen LogP contribution in [-0.2, 0) is 14.8 Å². The number of rotatable bonds is 6. The zero-order valence-electron chi connectivity index (χ0n) is 9.85. The minimum absolute atomic E-state index is 0.0678. The van der Waals surface area contributed by atoms with Crippen LogP contribution in [0.2, 0.25) is 0 Å². The van der Waals surface area contributed by atoms with E-state index in [2.05, 4.69) is 15.2 Å². The number of halogens is 3. The molecular weight excluding hydrogens is 303 g/mol. The summed E-state index contributed by atoms with van der Waals surface area (Å²) in [6, 6.07) is 3.18. The quantitative estimate of drug-likeness (QED) is 0.613. The van der Waals surface area contributed by atoms with Crippen LogP contribution in [0.4, 0.5) is 24.5 Å². The van der Waals surface area contributed by atoms with Gasteiger partial charge in [-0.2, -0.15) is 0 Å². The number of anilines is 1. The monoisotopic (exact) mass is 313 g/mol. The maximum Gasteiger partial charge on any atom is 0.522 e. The molecule has 1 aromatic rings. The van der Waals surface area contributed by atoms with Gasteiger partial charge in [-0.1, -0.05) is 0 Å². The van der Waals surface area contributed by atoms with Gasteiger partial charge in [0, 0.05) is 6.54 Å². The van der Waals surface area contributed by atoms with E-state index >= 15 is 0 Å². The van der Waals surface area contributed by atoms with Gasteiger partial charge in [0.15, 0.2) is 0 Å². The van der Waals surface area contributed by atoms with Crippen LogP contribution in [0.5, 0.6) is 0 Å². The second-order valence-electron chi connectivity index (χ2n) is 3.54. The Kier molecular flexibility index (Phi) is 5.03. The van der Waals surface area contributed by atoms with Crippen molar-refractivity contribution >= 4 is 21.4 Å². The number of ether oxygens (including phenoxy) is 1. The van der Waals surface area contributed by atoms with E-state index in [1.165, 1.54) is 6.07 Å². The molecule has 0 aliphatic rings. The Morgan fingerprint density at radius 2 is 2.00 bits per heavy atom. The van der Waals surface area contributed by atoms with Crippen LogP contribution in [0, 0.1) is 4.91 Å². The molecule has 20 heavy (non-hydrogen) atoms. The Labute approximate surface area is 111 Å². The lowest BCUT2D eigenvalue weighted by Crippen LogP contribution is -2.19. The third kappa shape index (κ3) is 5.11. The molecule has 0 fully saturated rings. The van der Waals surface area contributed by atoms with Gasteiger partial charge in [0.2, 0.25) is 10.0 Å². The first-order valence-electron chi connectivity index (χ1n) is 5.08. The maximum atomic E-state index is 11.7. The normalized spacial score (nSPS) is 12.2. The summed E-state index contributed by atoms with van der Waals surface area (Å²) in [6.07, 6.45) is -4.75. The summed E-state index contributed by atoms with van der Waals surface area (Å²) in [6.45, 7) is -0.935. The third-order valence-electron chi connectivity index (χ3n) is 2.08. The minimum Gasteiger partial charge on any atom is -0.381 e. The molecule has 0 spiro atoms. The highest BCUT2D eigenvalue weighted by Gasteiger charge is 2.28. The number of hydrogen-bond acceptors (Lipinski definition) is 6. The SMILES string of the molecule is NS(=O)(=O)c1ccc(NCCOC(F)(F)F)c(N=O)c1. The van der Waals surface area contributed by atoms with Gasteiger partial charge in [0.05, 0.1) is 17.2 Å². The van der Waals surface area contributed by atoms with Crippen molar-refractivity contribution in [2.75, 3.05) is 18.5 Å². The van der Waals surface area contributed by atoms with Crippen molar-refractivity contribution in [3.05, 3.63) is 23.1 Å². The molecule has 0 atom stereocenters. The van der Waals surface area contributed by atoms with E-state index in [0.717, 1.165) is 12.1 Å². The fraction of sp³-hybridized carbons (Fsp3) is 0.333. The summed E-state index contributed by atoms with van der Waals surface area (Å²) in [5.41, 5.74) is -0.221. The first-order valence-corrected chi connectivity index (χ1v) is 6.63. The molecule has 0 saturated heterocycles. The van der Waals surface area contributed by atoms with Crippen LogP contribution < -0.4 is 10.5 Å². The Morgan fingerprint density at radius 3 is 2.50 bits per heavy atom.